The van der Waals surface area contributed by atoms with Crippen LogP contribution < -0.4 is 19.1 Å². The van der Waals surface area contributed by atoms with Crippen molar-refractivity contribution < 1.29 is 22.7 Å². The molecule has 1 saturated heterocycles. The minimum atomic E-state index is -3.80. The Labute approximate surface area is 157 Å². The molecule has 1 amide bonds. The van der Waals surface area contributed by atoms with Gasteiger partial charge >= 0.3 is 0 Å². The van der Waals surface area contributed by atoms with Gasteiger partial charge < -0.3 is 14.8 Å². The Morgan fingerprint density at radius 2 is 1.59 bits per heavy atom. The molecule has 8 heteroatoms. The molecule has 0 bridgehead atoms. The van der Waals surface area contributed by atoms with Crippen LogP contribution in [0.2, 0.25) is 0 Å². The van der Waals surface area contributed by atoms with Crippen LogP contribution >= 0.6 is 0 Å². The van der Waals surface area contributed by atoms with E-state index in [1.54, 1.807) is 62.8 Å². The fourth-order valence-corrected chi connectivity index (χ4v) is 5.99. The molecule has 2 aromatic rings. The molecule has 0 spiro atoms. The van der Waals surface area contributed by atoms with E-state index in [4.69, 9.17) is 9.47 Å². The van der Waals surface area contributed by atoms with Crippen LogP contribution in [-0.2, 0) is 14.8 Å². The number of fused-ring (bicyclic) bond motifs is 1. The van der Waals surface area contributed by atoms with Crippen LogP contribution in [0.5, 0.6) is 11.5 Å². The van der Waals surface area contributed by atoms with E-state index in [0.717, 1.165) is 0 Å². The molecule has 2 atom stereocenters. The van der Waals surface area contributed by atoms with Crippen molar-refractivity contribution in [1.29, 1.82) is 0 Å². The maximum Gasteiger partial charge on any atom is 0.250 e. The summed E-state index contributed by atoms with van der Waals surface area (Å²) < 4.78 is 36.5. The molecule has 1 N–H and O–H groups in total. The number of nitrogens with one attached hydrogen (secondary N) is 1. The number of benzene rings is 2. The summed E-state index contributed by atoms with van der Waals surface area (Å²) in [5, 5.41) is 2.74. The van der Waals surface area contributed by atoms with Gasteiger partial charge in [-0.25, -0.2) is 8.42 Å². The molecular weight excluding hydrogens is 368 g/mol. The number of hydrogen-bond donors (Lipinski definition) is 1. The van der Waals surface area contributed by atoms with Crippen LogP contribution in [0.3, 0.4) is 0 Å². The zero-order valence-corrected chi connectivity index (χ0v) is 15.8. The third kappa shape index (κ3) is 2.63. The first-order chi connectivity index (χ1) is 12.9. The standard InChI is InChI=1S/C19H20N2O5S/c1-25-16-7-3-14(4-8-16)20-18(22)19-11-13(19)12-21(27(19,23)24)15-5-9-17(26-2)10-6-15/h3-10,13H,11-12H2,1-2H3,(H,20,22)/t13-,19-/m1/s1. The Morgan fingerprint density at radius 1 is 1.04 bits per heavy atom. The van der Waals surface area contributed by atoms with Gasteiger partial charge in [-0.15, -0.1) is 0 Å². The smallest absolute Gasteiger partial charge is 0.250 e. The van der Waals surface area contributed by atoms with E-state index in [9.17, 15) is 13.2 Å². The van der Waals surface area contributed by atoms with Gasteiger partial charge in [-0.2, -0.15) is 0 Å². The van der Waals surface area contributed by atoms with Gasteiger partial charge in [0.05, 0.1) is 19.9 Å². The van der Waals surface area contributed by atoms with E-state index in [1.165, 1.54) is 4.31 Å². The first kappa shape index (κ1) is 17.7. The van der Waals surface area contributed by atoms with Crippen LogP contribution in [0.15, 0.2) is 48.5 Å². The molecule has 142 valence electrons. The largest absolute Gasteiger partial charge is 0.497 e. The molecule has 1 aliphatic heterocycles. The first-order valence-electron chi connectivity index (χ1n) is 8.54. The van der Waals surface area contributed by atoms with Crippen molar-refractivity contribution in [3.8, 4) is 11.5 Å². The van der Waals surface area contributed by atoms with Crippen molar-refractivity contribution in [3.05, 3.63) is 48.5 Å². The highest BCUT2D eigenvalue weighted by molar-refractivity contribution is 7.95. The molecule has 2 aliphatic rings. The zero-order chi connectivity index (χ0) is 19.2. The summed E-state index contributed by atoms with van der Waals surface area (Å²) in [6, 6.07) is 13.6. The number of amides is 1. The number of sulfonamides is 1. The molecule has 2 aromatic carbocycles. The summed E-state index contributed by atoms with van der Waals surface area (Å²) in [6.45, 7) is 0.310. The van der Waals surface area contributed by atoms with Crippen molar-refractivity contribution in [3.63, 3.8) is 0 Å². The fourth-order valence-electron chi connectivity index (χ4n) is 3.63. The number of rotatable bonds is 5. The average Bonchev–Trinajstić information content (AvgIpc) is 3.38. The van der Waals surface area contributed by atoms with Crippen LogP contribution in [0.1, 0.15) is 6.42 Å². The molecule has 7 nitrogen and oxygen atoms in total. The molecule has 1 saturated carbocycles. The fraction of sp³-hybridized carbons (Fsp3) is 0.316. The summed E-state index contributed by atoms with van der Waals surface area (Å²) in [6.07, 6.45) is 0.351. The predicted molar refractivity (Wildman–Crippen MR) is 102 cm³/mol. The highest BCUT2D eigenvalue weighted by Gasteiger charge is 2.75. The Morgan fingerprint density at radius 3 is 2.15 bits per heavy atom. The third-order valence-electron chi connectivity index (χ3n) is 5.28. The van der Waals surface area contributed by atoms with Gasteiger partial charge in [0.2, 0.25) is 15.9 Å². The summed E-state index contributed by atoms with van der Waals surface area (Å²) in [4.78, 5) is 12.9. The minimum Gasteiger partial charge on any atom is -0.497 e. The molecule has 2 fully saturated rings. The topological polar surface area (TPSA) is 84.9 Å². The Bertz CT molecular complexity index is 972. The van der Waals surface area contributed by atoms with Crippen LogP contribution in [0.4, 0.5) is 11.4 Å². The van der Waals surface area contributed by atoms with Gasteiger partial charge in [0.15, 0.2) is 4.75 Å². The lowest BCUT2D eigenvalue weighted by atomic mass is 10.2. The molecule has 1 aliphatic carbocycles. The number of hydrogen-bond acceptors (Lipinski definition) is 5. The molecule has 0 radical (unpaired) electrons. The third-order valence-corrected chi connectivity index (χ3v) is 7.82. The predicted octanol–water partition coefficient (Wildman–Crippen LogP) is 2.25. The van der Waals surface area contributed by atoms with E-state index in [2.05, 4.69) is 5.32 Å². The Hall–Kier alpha value is -2.74. The Kier molecular flexibility index (Phi) is 4.03. The number of methoxy groups -OCH3 is 2. The van der Waals surface area contributed by atoms with Crippen molar-refractivity contribution in [2.75, 3.05) is 30.4 Å². The lowest BCUT2D eigenvalue weighted by Crippen LogP contribution is -2.42. The van der Waals surface area contributed by atoms with Crippen molar-refractivity contribution in [2.45, 2.75) is 11.2 Å². The van der Waals surface area contributed by atoms with Crippen molar-refractivity contribution in [2.24, 2.45) is 5.92 Å². The maximum absolute atomic E-state index is 13.2. The van der Waals surface area contributed by atoms with E-state index in [0.29, 0.717) is 35.8 Å². The Balaban J connectivity index is 1.57. The highest BCUT2D eigenvalue weighted by atomic mass is 32.2. The quantitative estimate of drug-likeness (QED) is 0.849. The van der Waals surface area contributed by atoms with Gasteiger partial charge in [-0.3, -0.25) is 9.10 Å². The number of ether oxygens (including phenoxy) is 2. The van der Waals surface area contributed by atoms with Crippen LogP contribution in [0.25, 0.3) is 0 Å². The summed E-state index contributed by atoms with van der Waals surface area (Å²) in [5.74, 6) is 0.624. The van der Waals surface area contributed by atoms with E-state index >= 15 is 0 Å². The lowest BCUT2D eigenvalue weighted by molar-refractivity contribution is -0.116. The van der Waals surface area contributed by atoms with Gasteiger partial charge in [0, 0.05) is 18.2 Å². The summed E-state index contributed by atoms with van der Waals surface area (Å²) in [7, 11) is -0.696. The SMILES string of the molecule is COc1ccc(NC(=O)[C@@]23C[C@@H]2CN(c2ccc(OC)cc2)S3(=O)=O)cc1. The van der Waals surface area contributed by atoms with Crippen molar-refractivity contribution >= 4 is 27.3 Å². The second-order valence-electron chi connectivity index (χ2n) is 6.71. The van der Waals surface area contributed by atoms with Gasteiger partial charge in [0.25, 0.3) is 0 Å². The molecular formula is C19H20N2O5S. The molecule has 4 rings (SSSR count). The van der Waals surface area contributed by atoms with Crippen molar-refractivity contribution in [1.82, 2.24) is 0 Å². The highest BCUT2D eigenvalue weighted by Crippen LogP contribution is 2.58. The van der Waals surface area contributed by atoms with Gasteiger partial charge in [-0.1, -0.05) is 0 Å². The normalized spacial score (nSPS) is 24.8. The number of carbonyl (C=O) groups is 1. The number of nitrogens with zero attached hydrogens (tertiary/aromatic N) is 1. The second kappa shape index (κ2) is 6.16. The molecule has 0 unspecified atom stereocenters. The van der Waals surface area contributed by atoms with E-state index < -0.39 is 20.7 Å². The van der Waals surface area contributed by atoms with Crippen LogP contribution in [0, 0.1) is 5.92 Å². The number of anilines is 2. The molecule has 1 heterocycles. The molecule has 0 aromatic heterocycles. The van der Waals surface area contributed by atoms with Gasteiger partial charge in [-0.05, 0) is 55.0 Å². The van der Waals surface area contributed by atoms with E-state index in [-0.39, 0.29) is 5.92 Å². The first-order valence-corrected chi connectivity index (χ1v) is 9.98. The zero-order valence-electron chi connectivity index (χ0n) is 15.0. The summed E-state index contributed by atoms with van der Waals surface area (Å²) >= 11 is 0. The number of carbonyl (C=O) groups excluding carboxylic acids is 1. The minimum absolute atomic E-state index is 0.206. The monoisotopic (exact) mass is 388 g/mol. The second-order valence-corrected chi connectivity index (χ2v) is 8.83. The average molecular weight is 388 g/mol. The van der Waals surface area contributed by atoms with Crippen LogP contribution in [-0.4, -0.2) is 39.8 Å². The maximum atomic E-state index is 13.2. The van der Waals surface area contributed by atoms with E-state index in [1.807, 2.05) is 0 Å². The lowest BCUT2D eigenvalue weighted by Gasteiger charge is -2.23. The van der Waals surface area contributed by atoms with Gasteiger partial charge in [0.1, 0.15) is 11.5 Å². The molecule has 27 heavy (non-hydrogen) atoms. The summed E-state index contributed by atoms with van der Waals surface area (Å²) in [5.41, 5.74) is 1.08.